The second-order valence-corrected chi connectivity index (χ2v) is 9.78. The van der Waals surface area contributed by atoms with Crippen molar-refractivity contribution in [2.45, 2.75) is 44.4 Å². The Morgan fingerprint density at radius 1 is 1.10 bits per heavy atom. The average molecular weight is 436 g/mol. The highest BCUT2D eigenvalue weighted by Crippen LogP contribution is 2.40. The Balaban J connectivity index is 1.16. The van der Waals surface area contributed by atoms with Gasteiger partial charge in [-0.15, -0.1) is 21.5 Å². The third kappa shape index (κ3) is 3.63. The number of aromatic nitrogens is 3. The Morgan fingerprint density at radius 2 is 1.94 bits per heavy atom. The van der Waals surface area contributed by atoms with Crippen molar-refractivity contribution < 1.29 is 9.21 Å². The van der Waals surface area contributed by atoms with Gasteiger partial charge >= 0.3 is 0 Å². The van der Waals surface area contributed by atoms with Gasteiger partial charge in [0.2, 0.25) is 5.89 Å². The Kier molecular flexibility index (Phi) is 4.74. The molecule has 7 nitrogen and oxygen atoms in total. The number of amides is 1. The highest BCUT2D eigenvalue weighted by Gasteiger charge is 2.31. The van der Waals surface area contributed by atoms with Gasteiger partial charge in [-0.05, 0) is 62.3 Å². The van der Waals surface area contributed by atoms with E-state index in [4.69, 9.17) is 4.42 Å². The van der Waals surface area contributed by atoms with Gasteiger partial charge in [0.25, 0.3) is 11.8 Å². The number of carbonyl (C=O) groups excluding carboxylic acids is 1. The first-order valence-corrected chi connectivity index (χ1v) is 12.0. The summed E-state index contributed by atoms with van der Waals surface area (Å²) in [6.45, 7) is 2.86. The van der Waals surface area contributed by atoms with Crippen LogP contribution in [-0.4, -0.2) is 52.2 Å². The predicted molar refractivity (Wildman–Crippen MR) is 119 cm³/mol. The van der Waals surface area contributed by atoms with Crippen LogP contribution in [0.25, 0.3) is 11.5 Å². The van der Waals surface area contributed by atoms with E-state index in [2.05, 4.69) is 26.1 Å². The van der Waals surface area contributed by atoms with Gasteiger partial charge in [0, 0.05) is 43.2 Å². The van der Waals surface area contributed by atoms with E-state index < -0.39 is 0 Å². The van der Waals surface area contributed by atoms with Crippen LogP contribution in [0.2, 0.25) is 0 Å². The smallest absolute Gasteiger partial charge is 0.264 e. The van der Waals surface area contributed by atoms with E-state index in [9.17, 15) is 4.79 Å². The lowest BCUT2D eigenvalue weighted by molar-refractivity contribution is 0.0751. The summed E-state index contributed by atoms with van der Waals surface area (Å²) in [5.74, 6) is 2.73. The zero-order chi connectivity index (χ0) is 20.8. The summed E-state index contributed by atoms with van der Waals surface area (Å²) in [6, 6.07) is 6.02. The topological polar surface area (TPSA) is 75.4 Å². The van der Waals surface area contributed by atoms with Crippen LogP contribution in [0.15, 0.2) is 28.8 Å². The first-order valence-electron chi connectivity index (χ1n) is 11.2. The van der Waals surface area contributed by atoms with E-state index in [0.717, 1.165) is 60.9 Å². The summed E-state index contributed by atoms with van der Waals surface area (Å²) < 4.78 is 5.93. The van der Waals surface area contributed by atoms with E-state index >= 15 is 0 Å². The third-order valence-electron chi connectivity index (χ3n) is 6.46. The molecular formula is C23H25N5O2S. The van der Waals surface area contributed by atoms with Crippen LogP contribution in [0.5, 0.6) is 0 Å². The molecule has 3 aromatic heterocycles. The molecule has 160 valence electrons. The molecule has 0 unspecified atom stereocenters. The Bertz CT molecular complexity index is 1090. The molecule has 0 radical (unpaired) electrons. The Morgan fingerprint density at radius 3 is 2.74 bits per heavy atom. The van der Waals surface area contributed by atoms with Crippen molar-refractivity contribution in [3.63, 3.8) is 0 Å². The molecular weight excluding hydrogens is 410 g/mol. The van der Waals surface area contributed by atoms with Gasteiger partial charge in [0.15, 0.2) is 0 Å². The molecule has 2 fully saturated rings. The van der Waals surface area contributed by atoms with Gasteiger partial charge in [-0.1, -0.05) is 0 Å². The standard InChI is InChI=1S/C23H25N5O2S/c29-23(19-14-16-4-1-2-6-18(16)31-19)28-12-10-27(11-13-28)20-17(5-3-9-24-20)22-26-25-21(30-22)15-7-8-15/h3,5,9,14-15H,1-2,4,6-8,10-13H2. The molecule has 2 aliphatic carbocycles. The molecule has 0 bridgehead atoms. The molecule has 1 amide bonds. The molecule has 8 heteroatoms. The highest BCUT2D eigenvalue weighted by molar-refractivity contribution is 7.14. The SMILES string of the molecule is O=C(c1cc2c(s1)CCCC2)N1CCN(c2ncccc2-c2nnc(C3CC3)o2)CC1. The van der Waals surface area contributed by atoms with Gasteiger partial charge in [-0.3, -0.25) is 4.79 Å². The van der Waals surface area contributed by atoms with Crippen molar-refractivity contribution in [2.75, 3.05) is 31.1 Å². The van der Waals surface area contributed by atoms with Crippen LogP contribution >= 0.6 is 11.3 Å². The fourth-order valence-corrected chi connectivity index (χ4v) is 5.75. The van der Waals surface area contributed by atoms with Crippen molar-refractivity contribution in [3.05, 3.63) is 45.6 Å². The first kappa shape index (κ1) is 19.0. The number of hydrogen-bond acceptors (Lipinski definition) is 7. The maximum atomic E-state index is 13.1. The van der Waals surface area contributed by atoms with E-state index in [1.54, 1.807) is 17.5 Å². The molecule has 31 heavy (non-hydrogen) atoms. The molecule has 0 spiro atoms. The maximum absolute atomic E-state index is 13.1. The van der Waals surface area contributed by atoms with E-state index in [-0.39, 0.29) is 5.91 Å². The fourth-order valence-electron chi connectivity index (χ4n) is 4.53. The van der Waals surface area contributed by atoms with Crippen LogP contribution in [0, 0.1) is 0 Å². The molecule has 0 aromatic carbocycles. The van der Waals surface area contributed by atoms with Crippen LogP contribution in [0.4, 0.5) is 5.82 Å². The number of hydrogen-bond donors (Lipinski definition) is 0. The number of rotatable bonds is 4. The lowest BCUT2D eigenvalue weighted by Gasteiger charge is -2.35. The van der Waals surface area contributed by atoms with Crippen molar-refractivity contribution in [1.82, 2.24) is 20.1 Å². The van der Waals surface area contributed by atoms with Gasteiger partial charge in [-0.25, -0.2) is 4.98 Å². The number of nitrogens with zero attached hydrogens (tertiary/aromatic N) is 5. The number of anilines is 1. The second-order valence-electron chi connectivity index (χ2n) is 8.64. The number of pyridine rings is 1. The van der Waals surface area contributed by atoms with Crippen molar-refractivity contribution in [1.29, 1.82) is 0 Å². The van der Waals surface area contributed by atoms with Crippen LogP contribution in [0.1, 0.15) is 57.6 Å². The predicted octanol–water partition coefficient (Wildman–Crippen LogP) is 3.91. The summed E-state index contributed by atoms with van der Waals surface area (Å²) in [7, 11) is 0. The van der Waals surface area contributed by atoms with Crippen LogP contribution in [0.3, 0.4) is 0 Å². The summed E-state index contributed by atoms with van der Waals surface area (Å²) in [5, 5.41) is 8.49. The molecule has 6 rings (SSSR count). The lowest BCUT2D eigenvalue weighted by atomic mass is 9.99. The van der Waals surface area contributed by atoms with E-state index in [0.29, 0.717) is 24.9 Å². The molecule has 3 aromatic rings. The van der Waals surface area contributed by atoms with Gasteiger partial charge in [-0.2, -0.15) is 0 Å². The maximum Gasteiger partial charge on any atom is 0.264 e. The minimum atomic E-state index is 0.172. The number of carbonyl (C=O) groups is 1. The average Bonchev–Trinajstić information content (AvgIpc) is 3.39. The molecule has 3 aliphatic rings. The first-order chi connectivity index (χ1) is 15.3. The molecule has 1 saturated carbocycles. The van der Waals surface area contributed by atoms with Crippen molar-refractivity contribution in [3.8, 4) is 11.5 Å². The van der Waals surface area contributed by atoms with Crippen molar-refractivity contribution >= 4 is 23.1 Å². The number of thiophene rings is 1. The van der Waals surface area contributed by atoms with Crippen molar-refractivity contribution in [2.24, 2.45) is 0 Å². The van der Waals surface area contributed by atoms with Gasteiger partial charge in [0.05, 0.1) is 10.4 Å². The highest BCUT2D eigenvalue weighted by atomic mass is 32.1. The largest absolute Gasteiger partial charge is 0.420 e. The number of fused-ring (bicyclic) bond motifs is 1. The summed E-state index contributed by atoms with van der Waals surface area (Å²) in [5.41, 5.74) is 2.26. The van der Waals surface area contributed by atoms with Gasteiger partial charge < -0.3 is 14.2 Å². The summed E-state index contributed by atoms with van der Waals surface area (Å²) in [6.07, 6.45) is 8.79. The fraction of sp³-hybridized carbons (Fsp3) is 0.478. The minimum absolute atomic E-state index is 0.172. The Labute approximate surface area is 185 Å². The monoisotopic (exact) mass is 435 g/mol. The number of aryl methyl sites for hydroxylation is 2. The molecule has 1 aliphatic heterocycles. The van der Waals surface area contributed by atoms with E-state index in [1.807, 2.05) is 17.0 Å². The van der Waals surface area contributed by atoms with E-state index in [1.165, 1.54) is 23.3 Å². The number of piperazine rings is 1. The molecule has 1 saturated heterocycles. The molecule has 0 atom stereocenters. The summed E-state index contributed by atoms with van der Waals surface area (Å²) >= 11 is 1.70. The minimum Gasteiger partial charge on any atom is -0.420 e. The van der Waals surface area contributed by atoms with Crippen LogP contribution in [-0.2, 0) is 12.8 Å². The quantitative estimate of drug-likeness (QED) is 0.618. The Hall–Kier alpha value is -2.74. The second kappa shape index (κ2) is 7.75. The lowest BCUT2D eigenvalue weighted by Crippen LogP contribution is -2.49. The van der Waals surface area contributed by atoms with Crippen LogP contribution < -0.4 is 4.90 Å². The molecule has 4 heterocycles. The van der Waals surface area contributed by atoms with Gasteiger partial charge in [0.1, 0.15) is 5.82 Å². The zero-order valence-corrected chi connectivity index (χ0v) is 18.2. The zero-order valence-electron chi connectivity index (χ0n) is 17.4. The third-order valence-corrected chi connectivity index (χ3v) is 7.68. The normalized spacial score (nSPS) is 18.8. The molecule has 0 N–H and O–H groups in total. The summed E-state index contributed by atoms with van der Waals surface area (Å²) in [4.78, 5) is 24.2.